The molecule has 0 aromatic heterocycles. The molecular formula is C25H25N3O2S. The van der Waals surface area contributed by atoms with Crippen LogP contribution in [0, 0.1) is 0 Å². The molecule has 31 heavy (non-hydrogen) atoms. The highest BCUT2D eigenvalue weighted by Gasteiger charge is 2.06. The van der Waals surface area contributed by atoms with Gasteiger partial charge in [0, 0.05) is 29.7 Å². The average molecular weight is 432 g/mol. The van der Waals surface area contributed by atoms with Crippen LogP contribution >= 0.6 is 11.8 Å². The molecule has 0 aliphatic heterocycles. The van der Waals surface area contributed by atoms with E-state index in [1.165, 1.54) is 18.1 Å². The van der Waals surface area contributed by atoms with E-state index >= 15 is 0 Å². The number of hydrogen-bond donors (Lipinski definition) is 2. The SMILES string of the molecule is CC(=O)Nc1ccc(/C(C)=N\NC(=O)c2ccc(CSCc3ccccc3)cc2)cc1. The number of hydrazone groups is 1. The molecule has 0 bridgehead atoms. The lowest BCUT2D eigenvalue weighted by Gasteiger charge is -2.06. The summed E-state index contributed by atoms with van der Waals surface area (Å²) in [5.41, 5.74) is 7.91. The maximum atomic E-state index is 12.4. The van der Waals surface area contributed by atoms with Gasteiger partial charge in [-0.1, -0.05) is 54.6 Å². The minimum absolute atomic E-state index is 0.119. The van der Waals surface area contributed by atoms with Crippen molar-refractivity contribution in [3.8, 4) is 0 Å². The van der Waals surface area contributed by atoms with Crippen LogP contribution in [0.4, 0.5) is 5.69 Å². The Morgan fingerprint density at radius 1 is 0.774 bits per heavy atom. The fourth-order valence-corrected chi connectivity index (χ4v) is 3.83. The Balaban J connectivity index is 1.51. The molecule has 6 heteroatoms. The highest BCUT2D eigenvalue weighted by atomic mass is 32.2. The van der Waals surface area contributed by atoms with Crippen molar-refractivity contribution in [2.24, 2.45) is 5.10 Å². The Labute approximate surface area is 187 Å². The van der Waals surface area contributed by atoms with Gasteiger partial charge < -0.3 is 5.32 Å². The van der Waals surface area contributed by atoms with Crippen LogP contribution in [0.5, 0.6) is 0 Å². The Kier molecular flexibility index (Phi) is 8.01. The number of rotatable bonds is 8. The van der Waals surface area contributed by atoms with Gasteiger partial charge in [0.05, 0.1) is 5.71 Å². The lowest BCUT2D eigenvalue weighted by atomic mass is 10.1. The number of carbonyl (C=O) groups is 2. The number of carbonyl (C=O) groups excluding carboxylic acids is 2. The first kappa shape index (κ1) is 22.3. The smallest absolute Gasteiger partial charge is 0.271 e. The van der Waals surface area contributed by atoms with Crippen LogP contribution in [-0.2, 0) is 16.3 Å². The van der Waals surface area contributed by atoms with Crippen LogP contribution < -0.4 is 10.7 Å². The lowest BCUT2D eigenvalue weighted by Crippen LogP contribution is -2.19. The number of benzene rings is 3. The van der Waals surface area contributed by atoms with E-state index in [-0.39, 0.29) is 11.8 Å². The van der Waals surface area contributed by atoms with E-state index < -0.39 is 0 Å². The Hall–Kier alpha value is -3.38. The van der Waals surface area contributed by atoms with Crippen LogP contribution in [0.15, 0.2) is 84.0 Å². The fourth-order valence-electron chi connectivity index (χ4n) is 2.88. The van der Waals surface area contributed by atoms with Gasteiger partial charge in [-0.2, -0.15) is 16.9 Å². The topological polar surface area (TPSA) is 70.6 Å². The van der Waals surface area contributed by atoms with Gasteiger partial charge in [0.25, 0.3) is 5.91 Å². The molecule has 0 unspecified atom stereocenters. The van der Waals surface area contributed by atoms with Gasteiger partial charge in [0.1, 0.15) is 0 Å². The number of nitrogens with one attached hydrogen (secondary N) is 2. The molecule has 2 amide bonds. The molecule has 0 atom stereocenters. The second-order valence-electron chi connectivity index (χ2n) is 7.07. The van der Waals surface area contributed by atoms with Gasteiger partial charge in [-0.15, -0.1) is 0 Å². The van der Waals surface area contributed by atoms with E-state index in [4.69, 9.17) is 0 Å². The maximum Gasteiger partial charge on any atom is 0.271 e. The summed E-state index contributed by atoms with van der Waals surface area (Å²) in [7, 11) is 0. The predicted molar refractivity (Wildman–Crippen MR) is 128 cm³/mol. The van der Waals surface area contributed by atoms with Crippen molar-refractivity contribution in [1.29, 1.82) is 0 Å². The second-order valence-corrected chi connectivity index (χ2v) is 8.06. The van der Waals surface area contributed by atoms with Gasteiger partial charge in [-0.25, -0.2) is 5.43 Å². The van der Waals surface area contributed by atoms with E-state index in [9.17, 15) is 9.59 Å². The molecule has 5 nitrogen and oxygen atoms in total. The molecule has 0 radical (unpaired) electrons. The average Bonchev–Trinajstić information content (AvgIpc) is 2.78. The van der Waals surface area contributed by atoms with E-state index in [0.29, 0.717) is 11.3 Å². The van der Waals surface area contributed by atoms with Crippen LogP contribution in [-0.4, -0.2) is 17.5 Å². The Morgan fingerprint density at radius 2 is 1.35 bits per heavy atom. The highest BCUT2D eigenvalue weighted by molar-refractivity contribution is 7.97. The monoisotopic (exact) mass is 431 g/mol. The number of nitrogens with zero attached hydrogens (tertiary/aromatic N) is 1. The summed E-state index contributed by atoms with van der Waals surface area (Å²) >= 11 is 1.84. The molecule has 0 spiro atoms. The molecule has 158 valence electrons. The summed E-state index contributed by atoms with van der Waals surface area (Å²) in [6, 6.07) is 25.3. The minimum atomic E-state index is -0.252. The second kappa shape index (κ2) is 11.1. The van der Waals surface area contributed by atoms with E-state index in [1.54, 1.807) is 12.1 Å². The fraction of sp³-hybridized carbons (Fsp3) is 0.160. The van der Waals surface area contributed by atoms with Gasteiger partial charge in [0.2, 0.25) is 5.91 Å². The number of amides is 2. The normalized spacial score (nSPS) is 11.1. The van der Waals surface area contributed by atoms with Gasteiger partial charge in [0.15, 0.2) is 0 Å². The van der Waals surface area contributed by atoms with Crippen molar-refractivity contribution in [3.63, 3.8) is 0 Å². The molecule has 3 aromatic carbocycles. The molecule has 3 rings (SSSR count). The molecule has 0 heterocycles. The number of anilines is 1. The van der Waals surface area contributed by atoms with Crippen LogP contribution in [0.25, 0.3) is 0 Å². The number of thioether (sulfide) groups is 1. The lowest BCUT2D eigenvalue weighted by molar-refractivity contribution is -0.114. The van der Waals surface area contributed by atoms with Crippen molar-refractivity contribution in [2.45, 2.75) is 25.4 Å². The molecule has 3 aromatic rings. The Morgan fingerprint density at radius 3 is 1.97 bits per heavy atom. The summed E-state index contributed by atoms with van der Waals surface area (Å²) < 4.78 is 0. The van der Waals surface area contributed by atoms with Crippen LogP contribution in [0.3, 0.4) is 0 Å². The molecule has 0 aliphatic carbocycles. The summed E-state index contributed by atoms with van der Waals surface area (Å²) in [6.07, 6.45) is 0. The minimum Gasteiger partial charge on any atom is -0.326 e. The van der Waals surface area contributed by atoms with Gasteiger partial charge in [-0.3, -0.25) is 9.59 Å². The summed E-state index contributed by atoms with van der Waals surface area (Å²) in [5, 5.41) is 6.91. The molecule has 0 aliphatic rings. The first-order chi connectivity index (χ1) is 15.0. The molecule has 0 saturated heterocycles. The zero-order chi connectivity index (χ0) is 22.1. The molecule has 0 fully saturated rings. The third-order valence-electron chi connectivity index (χ3n) is 4.54. The summed E-state index contributed by atoms with van der Waals surface area (Å²) in [4.78, 5) is 23.5. The first-order valence-corrected chi connectivity index (χ1v) is 11.1. The van der Waals surface area contributed by atoms with Crippen LogP contribution in [0.1, 0.15) is 40.9 Å². The predicted octanol–water partition coefficient (Wildman–Crippen LogP) is 5.23. The first-order valence-electron chi connectivity index (χ1n) is 9.94. The van der Waals surface area contributed by atoms with Gasteiger partial charge >= 0.3 is 0 Å². The zero-order valence-corrected chi connectivity index (χ0v) is 18.4. The molecular weight excluding hydrogens is 406 g/mol. The molecule has 0 saturated carbocycles. The number of hydrogen-bond acceptors (Lipinski definition) is 4. The molecule has 2 N–H and O–H groups in total. The van der Waals surface area contributed by atoms with Crippen molar-refractivity contribution < 1.29 is 9.59 Å². The third-order valence-corrected chi connectivity index (χ3v) is 5.62. The summed E-state index contributed by atoms with van der Waals surface area (Å²) in [5.74, 6) is 1.48. The van der Waals surface area contributed by atoms with Crippen molar-refractivity contribution in [2.75, 3.05) is 5.32 Å². The maximum absolute atomic E-state index is 12.4. The van der Waals surface area contributed by atoms with Crippen molar-refractivity contribution in [1.82, 2.24) is 5.43 Å². The Bertz CT molecular complexity index is 1050. The zero-order valence-electron chi connectivity index (χ0n) is 17.6. The van der Waals surface area contributed by atoms with Crippen molar-refractivity contribution >= 4 is 35.0 Å². The van der Waals surface area contributed by atoms with E-state index in [2.05, 4.69) is 28.0 Å². The highest BCUT2D eigenvalue weighted by Crippen LogP contribution is 2.18. The van der Waals surface area contributed by atoms with Crippen LogP contribution in [0.2, 0.25) is 0 Å². The van der Waals surface area contributed by atoms with Crippen molar-refractivity contribution in [3.05, 3.63) is 101 Å². The largest absolute Gasteiger partial charge is 0.326 e. The third kappa shape index (κ3) is 7.12. The van der Waals surface area contributed by atoms with Gasteiger partial charge in [-0.05, 0) is 47.9 Å². The quantitative estimate of drug-likeness (QED) is 0.379. The van der Waals surface area contributed by atoms with E-state index in [1.807, 2.05) is 73.3 Å². The van der Waals surface area contributed by atoms with E-state index in [0.717, 1.165) is 22.8 Å². The summed E-state index contributed by atoms with van der Waals surface area (Å²) in [6.45, 7) is 3.28. The standard InChI is InChI=1S/C25H25N3O2S/c1-18(22-12-14-24(15-13-22)26-19(2)29)27-28-25(30)23-10-8-21(9-11-23)17-31-16-20-6-4-3-5-7-20/h3-15H,16-17H2,1-2H3,(H,26,29)(H,28,30)/b27-18-.